The van der Waals surface area contributed by atoms with Gasteiger partial charge >= 0.3 is 0 Å². The number of H-pyrrole nitrogens is 1. The fourth-order valence-electron chi connectivity index (χ4n) is 7.02. The van der Waals surface area contributed by atoms with Crippen molar-refractivity contribution in [1.29, 1.82) is 0 Å². The van der Waals surface area contributed by atoms with E-state index in [0.29, 0.717) is 41.8 Å². The summed E-state index contributed by atoms with van der Waals surface area (Å²) < 4.78 is 10.6. The Kier molecular flexibility index (Phi) is 7.29. The van der Waals surface area contributed by atoms with Gasteiger partial charge in [0.25, 0.3) is 5.56 Å². The minimum Gasteiger partial charge on any atom is -0.510 e. The second-order valence-corrected chi connectivity index (χ2v) is 12.3. The summed E-state index contributed by atoms with van der Waals surface area (Å²) in [7, 11) is 1.12. The largest absolute Gasteiger partial charge is 0.510 e. The van der Waals surface area contributed by atoms with Crippen molar-refractivity contribution >= 4 is 44.4 Å². The van der Waals surface area contributed by atoms with E-state index in [2.05, 4.69) is 31.0 Å². The van der Waals surface area contributed by atoms with Crippen molar-refractivity contribution in [1.82, 2.24) is 9.88 Å². The van der Waals surface area contributed by atoms with Crippen LogP contribution in [0.3, 0.4) is 0 Å². The van der Waals surface area contributed by atoms with Gasteiger partial charge in [0.05, 0.1) is 58.5 Å². The smallest absolute Gasteiger partial charge is 0.260 e. The molecule has 1 atom stereocenters. The first-order chi connectivity index (χ1) is 22.5. The number of nitrogens with zero attached hydrogens (tertiary/aromatic N) is 2. The zero-order valence-corrected chi connectivity index (χ0v) is 26.4. The van der Waals surface area contributed by atoms with Crippen molar-refractivity contribution in [2.75, 3.05) is 46.6 Å². The van der Waals surface area contributed by atoms with E-state index in [1.165, 1.54) is 6.21 Å². The lowest BCUT2D eigenvalue weighted by Crippen LogP contribution is -2.51. The maximum absolute atomic E-state index is 13.7. The molecule has 4 aliphatic carbocycles. The number of hydrogen-bond acceptors (Lipinski definition) is 13. The van der Waals surface area contributed by atoms with E-state index in [9.17, 15) is 39.3 Å². The summed E-state index contributed by atoms with van der Waals surface area (Å²) >= 11 is 3.52. The Hall–Kier alpha value is -4.86. The molecular weight excluding hydrogens is 682 g/mol. The third-order valence-corrected chi connectivity index (χ3v) is 10.2. The van der Waals surface area contributed by atoms with Crippen molar-refractivity contribution in [3.8, 4) is 11.5 Å². The monoisotopic (exact) mass is 707 g/mol. The van der Waals surface area contributed by atoms with Crippen LogP contribution in [0.1, 0.15) is 23.2 Å². The molecular formula is C32H26BrN3O11. The van der Waals surface area contributed by atoms with Crippen LogP contribution in [0, 0.1) is 10.4 Å². The van der Waals surface area contributed by atoms with Gasteiger partial charge in [-0.3, -0.25) is 28.9 Å². The number of aromatic nitrogens is 1. The highest BCUT2D eigenvalue weighted by Crippen LogP contribution is 2.56. The van der Waals surface area contributed by atoms with Crippen molar-refractivity contribution in [3.63, 3.8) is 0 Å². The van der Waals surface area contributed by atoms with Crippen LogP contribution in [0.25, 0.3) is 22.3 Å². The maximum atomic E-state index is 13.7. The molecule has 242 valence electrons. The molecule has 5 aliphatic rings. The number of methoxy groups -OCH3 is 1. The topological polar surface area (TPSA) is 205 Å². The molecule has 1 spiro atoms. The number of pyridine rings is 1. The van der Waals surface area contributed by atoms with Crippen LogP contribution >= 0.6 is 15.9 Å². The van der Waals surface area contributed by atoms with E-state index in [4.69, 9.17) is 14.3 Å². The van der Waals surface area contributed by atoms with Crippen LogP contribution in [-0.2, 0) is 21.4 Å². The SMILES string of the molecule is COc1cc(=O)c2c(=O)c3c(c(=O)c=2c1=O)=C(O)[C@]1(CCc2c1c(O)c1c(=O)[nH]c(/C=N/OCCN4CCOCC4)cc1c2Br)C=3O. The van der Waals surface area contributed by atoms with Crippen LogP contribution in [-0.4, -0.2) is 78.0 Å². The fourth-order valence-corrected chi connectivity index (χ4v) is 7.73. The molecule has 2 heterocycles. The first-order valence-electron chi connectivity index (χ1n) is 14.6. The summed E-state index contributed by atoms with van der Waals surface area (Å²) in [4.78, 5) is 76.7. The minimum absolute atomic E-state index is 0.0911. The summed E-state index contributed by atoms with van der Waals surface area (Å²) in [5, 5.41) is 36.2. The Labute approximate surface area is 270 Å². The van der Waals surface area contributed by atoms with Gasteiger partial charge in [-0.15, -0.1) is 0 Å². The van der Waals surface area contributed by atoms with Crippen molar-refractivity contribution in [3.05, 3.63) is 106 Å². The molecule has 0 amide bonds. The molecule has 1 aliphatic heterocycles. The van der Waals surface area contributed by atoms with Crippen LogP contribution in [0.15, 0.2) is 45.7 Å². The molecule has 15 heteroatoms. The number of oxime groups is 1. The van der Waals surface area contributed by atoms with Gasteiger partial charge in [-0.2, -0.15) is 0 Å². The van der Waals surface area contributed by atoms with Crippen LogP contribution in [0.4, 0.5) is 0 Å². The number of fused-ring (bicyclic) bond motifs is 4. The highest BCUT2D eigenvalue weighted by atomic mass is 79.9. The Bertz CT molecular complexity index is 2530. The number of aliphatic hydroxyl groups excluding tert-OH is 2. The standard InChI is InChI=1S/C32H26BrN3O11/c1-45-17-11-16(37)19-20(25(17)38)27(40)22-21(26(19)39)29(42)32(30(22)43)3-2-14-23(32)28(41)18-15(24(14)33)10-13(35-31(18)44)12-34-47-9-6-36-4-7-46-8-5-36/h10-12,41-43H,2-9H2,1H3,(H,35,44)/b34-12+/t32-/m0/s1. The number of morpholine rings is 1. The van der Waals surface area contributed by atoms with E-state index in [1.807, 2.05) is 0 Å². The predicted molar refractivity (Wildman–Crippen MR) is 172 cm³/mol. The highest BCUT2D eigenvalue weighted by molar-refractivity contribution is 9.10. The minimum atomic E-state index is -2.01. The maximum Gasteiger partial charge on any atom is 0.260 e. The average Bonchev–Trinajstić information content (AvgIpc) is 3.57. The van der Waals surface area contributed by atoms with Gasteiger partial charge in [-0.1, -0.05) is 5.16 Å². The molecule has 1 aromatic heterocycles. The van der Waals surface area contributed by atoms with Crippen LogP contribution in [0.2, 0.25) is 0 Å². The van der Waals surface area contributed by atoms with E-state index in [1.54, 1.807) is 6.07 Å². The number of ether oxygens (including phenoxy) is 2. The van der Waals surface area contributed by atoms with Gasteiger partial charge < -0.3 is 34.6 Å². The lowest BCUT2D eigenvalue weighted by Gasteiger charge is -2.27. The van der Waals surface area contributed by atoms with Gasteiger partial charge in [-0.25, -0.2) is 0 Å². The third-order valence-electron chi connectivity index (χ3n) is 9.25. The zero-order chi connectivity index (χ0) is 33.4. The predicted octanol–water partition coefficient (Wildman–Crippen LogP) is -1.04. The van der Waals surface area contributed by atoms with Gasteiger partial charge in [0.15, 0.2) is 11.2 Å². The number of halogens is 1. The normalized spacial score (nSPS) is 19.4. The average molecular weight is 708 g/mol. The number of phenolic OH excluding ortho intramolecular Hbond substituents is 1. The lowest BCUT2D eigenvalue weighted by atomic mass is 9.78. The first kappa shape index (κ1) is 30.8. The van der Waals surface area contributed by atoms with E-state index >= 15 is 0 Å². The molecule has 0 radical (unpaired) electrons. The molecule has 1 saturated heterocycles. The molecule has 1 aromatic carbocycles. The summed E-state index contributed by atoms with van der Waals surface area (Å²) in [5.41, 5.74) is -6.40. The van der Waals surface area contributed by atoms with Gasteiger partial charge in [0, 0.05) is 41.1 Å². The number of nitrogens with one attached hydrogen (secondary N) is 1. The molecule has 47 heavy (non-hydrogen) atoms. The van der Waals surface area contributed by atoms with Crippen molar-refractivity contribution in [2.24, 2.45) is 5.16 Å². The Morgan fingerprint density at radius 3 is 2.36 bits per heavy atom. The number of hydrogen-bond donors (Lipinski definition) is 4. The second-order valence-electron chi connectivity index (χ2n) is 11.5. The Balaban J connectivity index is 1.37. The second kappa shape index (κ2) is 11.1. The van der Waals surface area contributed by atoms with E-state index in [-0.39, 0.29) is 29.5 Å². The molecule has 1 fully saturated rings. The molecule has 0 bridgehead atoms. The van der Waals surface area contributed by atoms with E-state index in [0.717, 1.165) is 26.3 Å². The molecule has 14 nitrogen and oxygen atoms in total. The summed E-state index contributed by atoms with van der Waals surface area (Å²) in [6, 6.07) is 2.35. The van der Waals surface area contributed by atoms with Crippen molar-refractivity contribution < 1.29 is 29.6 Å². The number of phenols is 1. The molecule has 0 saturated carbocycles. The first-order valence-corrected chi connectivity index (χ1v) is 15.4. The number of aliphatic hydroxyl groups is 2. The molecule has 4 N–H and O–H groups in total. The number of aromatic hydroxyl groups is 1. The molecule has 7 rings (SSSR count). The number of aromatic amines is 1. The highest BCUT2D eigenvalue weighted by Gasteiger charge is 2.53. The number of benzene rings is 1. The third kappa shape index (κ3) is 4.29. The zero-order valence-electron chi connectivity index (χ0n) is 24.8. The number of rotatable bonds is 6. The van der Waals surface area contributed by atoms with Gasteiger partial charge in [0.1, 0.15) is 29.3 Å². The Morgan fingerprint density at radius 1 is 1.00 bits per heavy atom. The lowest BCUT2D eigenvalue weighted by molar-refractivity contribution is 0.0214. The quantitative estimate of drug-likeness (QED) is 0.108. The molecule has 2 aromatic rings. The van der Waals surface area contributed by atoms with Gasteiger partial charge in [0.2, 0.25) is 16.3 Å². The summed E-state index contributed by atoms with van der Waals surface area (Å²) in [5.74, 6) is -2.60. The van der Waals surface area contributed by atoms with Crippen LogP contribution in [0.5, 0.6) is 11.5 Å². The van der Waals surface area contributed by atoms with E-state index < -0.39 is 76.6 Å². The Morgan fingerprint density at radius 2 is 1.68 bits per heavy atom. The van der Waals surface area contributed by atoms with Crippen LogP contribution < -0.4 is 42.4 Å². The summed E-state index contributed by atoms with van der Waals surface area (Å²) in [6.07, 6.45) is 1.33. The van der Waals surface area contributed by atoms with Crippen molar-refractivity contribution in [2.45, 2.75) is 18.3 Å². The summed E-state index contributed by atoms with van der Waals surface area (Å²) in [6.45, 7) is 3.90. The fraction of sp³-hybridized carbons (Fsp3) is 0.312. The molecule has 0 unspecified atom stereocenters. The van der Waals surface area contributed by atoms with Gasteiger partial charge in [-0.05, 0) is 40.4 Å².